The van der Waals surface area contributed by atoms with Gasteiger partial charge in [-0.3, -0.25) is 19.3 Å². The fourth-order valence-corrected chi connectivity index (χ4v) is 14.5. The number of piperidine rings is 1. The summed E-state index contributed by atoms with van der Waals surface area (Å²) in [4.78, 5) is 59.2. The lowest BCUT2D eigenvalue weighted by atomic mass is 9.62. The molecule has 10 rings (SSSR count). The largest absolute Gasteiger partial charge is 0.508 e. The van der Waals surface area contributed by atoms with Gasteiger partial charge in [0.05, 0.1) is 107 Å². The summed E-state index contributed by atoms with van der Waals surface area (Å²) in [6.45, 7) is 21.4. The van der Waals surface area contributed by atoms with E-state index in [1.165, 1.54) is 55.7 Å². The van der Waals surface area contributed by atoms with Crippen molar-refractivity contribution in [2.24, 2.45) is 17.3 Å². The third-order valence-electron chi connectivity index (χ3n) is 18.7. The predicted octanol–water partition coefficient (Wildman–Crippen LogP) is 11.3. The number of likely N-dealkylation sites (tertiary alicyclic amines) is 1. The van der Waals surface area contributed by atoms with Crippen molar-refractivity contribution in [3.8, 4) is 23.6 Å². The van der Waals surface area contributed by atoms with Gasteiger partial charge in [-0.05, 0) is 110 Å². The molecule has 0 spiro atoms. The highest BCUT2D eigenvalue weighted by Gasteiger charge is 2.61. The molecule has 1 saturated carbocycles. The Labute approximate surface area is 582 Å². The average molecular weight is 1390 g/mol. The van der Waals surface area contributed by atoms with E-state index in [2.05, 4.69) is 51.0 Å². The topological polar surface area (TPSA) is 223 Å². The van der Waals surface area contributed by atoms with Gasteiger partial charge in [-0.1, -0.05) is 93.0 Å². The van der Waals surface area contributed by atoms with Crippen molar-refractivity contribution in [1.82, 2.24) is 25.1 Å². The maximum atomic E-state index is 16.2. The van der Waals surface area contributed by atoms with E-state index in [-0.39, 0.29) is 87.0 Å². The number of ether oxygens (including phenoxy) is 7. The molecule has 1 aliphatic carbocycles. The van der Waals surface area contributed by atoms with Gasteiger partial charge in [-0.15, -0.1) is 0 Å². The van der Waals surface area contributed by atoms with Crippen LogP contribution in [0.2, 0.25) is 10.0 Å². The number of nitrogens with zero attached hydrogens (tertiary/aromatic N) is 7. The summed E-state index contributed by atoms with van der Waals surface area (Å²) in [5.74, 6) is -4.13. The number of benzene rings is 5. The van der Waals surface area contributed by atoms with E-state index in [9.17, 15) is 24.8 Å². The molecule has 6 aromatic rings. The molecule has 98 heavy (non-hydrogen) atoms. The lowest BCUT2D eigenvalue weighted by Gasteiger charge is -2.38. The number of amides is 3. The first-order chi connectivity index (χ1) is 47.3. The highest BCUT2D eigenvalue weighted by Crippen LogP contribution is 2.61. The highest BCUT2D eigenvalue weighted by atomic mass is 35.5. The molecule has 20 nitrogen and oxygen atoms in total. The van der Waals surface area contributed by atoms with Gasteiger partial charge in [0.25, 0.3) is 5.91 Å². The van der Waals surface area contributed by atoms with Crippen molar-refractivity contribution in [2.75, 3.05) is 141 Å². The third kappa shape index (κ3) is 18.0. The second-order valence-electron chi connectivity index (χ2n) is 26.6. The van der Waals surface area contributed by atoms with Crippen LogP contribution in [0.3, 0.4) is 0 Å². The Hall–Kier alpha value is -7.72. The molecule has 4 aliphatic rings. The van der Waals surface area contributed by atoms with Gasteiger partial charge < -0.3 is 63.6 Å². The normalized spacial score (nSPS) is 19.4. The number of anilines is 3. The van der Waals surface area contributed by atoms with Crippen molar-refractivity contribution >= 4 is 68.9 Å². The van der Waals surface area contributed by atoms with Gasteiger partial charge in [-0.2, -0.15) is 15.2 Å². The molecular weight excluding hydrogens is 1300 g/mol. The average Bonchev–Trinajstić information content (AvgIpc) is 1.52. The van der Waals surface area contributed by atoms with E-state index in [1.54, 1.807) is 12.1 Å². The molecule has 3 fully saturated rings. The van der Waals surface area contributed by atoms with Gasteiger partial charge in [0.15, 0.2) is 0 Å². The number of phenolic OH excluding ortho intramolecular Hbond substituents is 1. The molecule has 4 heterocycles. The van der Waals surface area contributed by atoms with Gasteiger partial charge >= 0.3 is 6.01 Å². The van der Waals surface area contributed by atoms with Crippen LogP contribution < -0.4 is 29.9 Å². The van der Waals surface area contributed by atoms with Crippen LogP contribution >= 0.6 is 23.2 Å². The Bertz CT molecular complexity index is 3810. The van der Waals surface area contributed by atoms with Crippen molar-refractivity contribution in [2.45, 2.75) is 89.9 Å². The fourth-order valence-electron chi connectivity index (χ4n) is 14.2. The minimum Gasteiger partial charge on any atom is -0.508 e. The number of rotatable bonds is 30. The zero-order valence-electron chi connectivity index (χ0n) is 56.5. The van der Waals surface area contributed by atoms with Gasteiger partial charge in [0.1, 0.15) is 35.1 Å². The summed E-state index contributed by atoms with van der Waals surface area (Å²) < 4.78 is 73.5. The molecule has 1 unspecified atom stereocenters. The Kier molecular flexibility index (Phi) is 25.2. The summed E-state index contributed by atoms with van der Waals surface area (Å²) in [6, 6.07) is 27.5. The number of halogens is 4. The van der Waals surface area contributed by atoms with E-state index in [4.69, 9.17) is 66.3 Å². The minimum atomic E-state index is -1.71. The van der Waals surface area contributed by atoms with E-state index in [0.717, 1.165) is 72.1 Å². The fraction of sp³-hybridized carbons (Fsp3) is 0.486. The van der Waals surface area contributed by atoms with Crippen LogP contribution in [-0.4, -0.2) is 180 Å². The number of fused-ring (bicyclic) bond motifs is 2. The van der Waals surface area contributed by atoms with Crippen molar-refractivity contribution < 1.29 is 61.4 Å². The number of piperazine rings is 1. The number of aromatic hydroxyl groups is 1. The van der Waals surface area contributed by atoms with Crippen molar-refractivity contribution in [1.29, 1.82) is 5.26 Å². The van der Waals surface area contributed by atoms with Crippen LogP contribution in [0.25, 0.3) is 10.8 Å². The highest BCUT2D eigenvalue weighted by molar-refractivity contribution is 6.31. The molecule has 3 N–H and O–H groups in total. The molecule has 3 aliphatic heterocycles. The molecule has 0 bridgehead atoms. The lowest BCUT2D eigenvalue weighted by Crippen LogP contribution is -2.49. The summed E-state index contributed by atoms with van der Waals surface area (Å²) >= 11 is 12.5. The quantitative estimate of drug-likeness (QED) is 0.0282. The van der Waals surface area contributed by atoms with Gasteiger partial charge in [-0.25, -0.2) is 8.78 Å². The van der Waals surface area contributed by atoms with E-state index >= 15 is 8.78 Å². The van der Waals surface area contributed by atoms with Crippen LogP contribution in [0.4, 0.5) is 26.0 Å². The zero-order valence-corrected chi connectivity index (χ0v) is 58.0. The number of methoxy groups -OCH3 is 1. The SMILES string of the molecule is C=CC(=O)N1CCN(c2nc(O[C@H](C)CN3CCC(OCCOCCOCCOCCOCCNC(=O)c4ccc(NC(=O)C5C[C@@H](CC(C)(C)C)[C@](C#N)(c6ccc(Cl)cc6F)[C@H]5c5cccc(Cl)c5F)c(OC)c4)CC3)nc3c2CCN(c2cc(O)cc4ccccc24)C3)CC1. The summed E-state index contributed by atoms with van der Waals surface area (Å²) in [7, 11) is 1.40. The second kappa shape index (κ2) is 33.9. The molecule has 3 amide bonds. The standard InChI is InChI=1S/C74H89Cl2F2N9O11/c1-7-66(89)85-26-28-86(29-27-85)69-56-21-25-87(64-43-53(88)39-49-11-8-9-12-55(49)64)46-63(56)82-72(83-69)98-48(2)45-84-23-19-54(20-24-84)97-38-37-96-36-35-95-34-33-94-32-31-93-30-22-80-70(90)50-15-18-62(65(40-50)92-6)81-71(91)58-41-51(44-73(3,4)5)74(47-79,59-17-16-52(75)42-61(59)77)67(58)57-13-10-14-60(76)68(57)78/h7-18,39-40,42-43,48,51,54,58,67,88H,1,19-38,41,44-46H2,2-6H3,(H,80,90)(H,81,91)/t48-,51+,58?,67+,74-/m1/s1. The Morgan fingerprint density at radius 3 is 2.22 bits per heavy atom. The number of aromatic nitrogens is 2. The molecule has 5 aromatic carbocycles. The monoisotopic (exact) mass is 1390 g/mol. The first-order valence-corrected chi connectivity index (χ1v) is 34.4. The molecule has 5 atom stereocenters. The first-order valence-electron chi connectivity index (χ1n) is 33.7. The number of hydrogen-bond donors (Lipinski definition) is 3. The van der Waals surface area contributed by atoms with E-state index in [1.807, 2.05) is 49.9 Å². The number of phenols is 1. The molecule has 24 heteroatoms. The molecular formula is C74H89Cl2F2N9O11. The number of carbonyl (C=O) groups excluding carboxylic acids is 3. The third-order valence-corrected chi connectivity index (χ3v) is 19.2. The number of nitriles is 1. The van der Waals surface area contributed by atoms with Crippen molar-refractivity contribution in [3.05, 3.63) is 153 Å². The lowest BCUT2D eigenvalue weighted by molar-refractivity contribution is -0.126. The first kappa shape index (κ1) is 73.0. The smallest absolute Gasteiger partial charge is 0.318 e. The molecule has 0 radical (unpaired) electrons. The van der Waals surface area contributed by atoms with Gasteiger partial charge in [0.2, 0.25) is 11.8 Å². The van der Waals surface area contributed by atoms with Crippen LogP contribution in [-0.2, 0) is 51.7 Å². The van der Waals surface area contributed by atoms with Crippen LogP contribution in [0, 0.1) is 40.2 Å². The zero-order chi connectivity index (χ0) is 69.5. The maximum absolute atomic E-state index is 16.2. The number of nitrogens with one attached hydrogen (secondary N) is 2. The Balaban J connectivity index is 0.589. The summed E-state index contributed by atoms with van der Waals surface area (Å²) in [5, 5.41) is 29.6. The number of hydrogen-bond acceptors (Lipinski definition) is 17. The predicted molar refractivity (Wildman–Crippen MR) is 373 cm³/mol. The van der Waals surface area contributed by atoms with E-state index < -0.39 is 46.6 Å². The van der Waals surface area contributed by atoms with Crippen LogP contribution in [0.15, 0.2) is 104 Å². The number of carbonyl (C=O) groups is 3. The van der Waals surface area contributed by atoms with E-state index in [0.29, 0.717) is 111 Å². The minimum absolute atomic E-state index is 0.0149. The maximum Gasteiger partial charge on any atom is 0.318 e. The van der Waals surface area contributed by atoms with Gasteiger partial charge in [0, 0.05) is 110 Å². The van der Waals surface area contributed by atoms with Crippen LogP contribution in [0.1, 0.15) is 92.0 Å². The summed E-state index contributed by atoms with van der Waals surface area (Å²) in [6.07, 6.45) is 4.33. The molecule has 2 saturated heterocycles. The Morgan fingerprint density at radius 2 is 1.54 bits per heavy atom. The van der Waals surface area contributed by atoms with Crippen LogP contribution in [0.5, 0.6) is 17.5 Å². The molecule has 524 valence electrons. The second-order valence-corrected chi connectivity index (χ2v) is 27.4. The Morgan fingerprint density at radius 1 is 0.837 bits per heavy atom. The molecule has 1 aromatic heterocycles. The van der Waals surface area contributed by atoms with Crippen molar-refractivity contribution in [3.63, 3.8) is 0 Å². The summed E-state index contributed by atoms with van der Waals surface area (Å²) in [5.41, 5.74) is 1.38.